The summed E-state index contributed by atoms with van der Waals surface area (Å²) in [5.74, 6) is -0.223. The summed E-state index contributed by atoms with van der Waals surface area (Å²) in [6.45, 7) is 1.24. The van der Waals surface area contributed by atoms with Gasteiger partial charge in [0.15, 0.2) is 0 Å². The predicted molar refractivity (Wildman–Crippen MR) is 102 cm³/mol. The zero-order chi connectivity index (χ0) is 18.0. The van der Waals surface area contributed by atoms with Gasteiger partial charge in [0.25, 0.3) is 0 Å². The van der Waals surface area contributed by atoms with Gasteiger partial charge in [-0.3, -0.25) is 4.79 Å². The second kappa shape index (κ2) is 9.71. The summed E-state index contributed by atoms with van der Waals surface area (Å²) in [6, 6.07) is 6.01. The van der Waals surface area contributed by atoms with Crippen molar-refractivity contribution in [3.63, 3.8) is 0 Å². The Morgan fingerprint density at radius 3 is 2.59 bits per heavy atom. The highest BCUT2D eigenvalue weighted by Crippen LogP contribution is 2.29. The van der Waals surface area contributed by atoms with Crippen LogP contribution < -0.4 is 20.7 Å². The molecule has 0 bridgehead atoms. The van der Waals surface area contributed by atoms with Crippen molar-refractivity contribution in [1.29, 1.82) is 0 Å². The molecule has 3 rings (SSSR count). The minimum absolute atomic E-state index is 0. The van der Waals surface area contributed by atoms with Gasteiger partial charge in [-0.2, -0.15) is 0 Å². The van der Waals surface area contributed by atoms with Crippen molar-refractivity contribution >= 4 is 36.4 Å². The summed E-state index contributed by atoms with van der Waals surface area (Å²) in [5, 5.41) is 3.05. The molecule has 10 heteroatoms. The number of rotatable bonds is 4. The Morgan fingerprint density at radius 1 is 1.22 bits per heavy atom. The zero-order valence-electron chi connectivity index (χ0n) is 14.6. The van der Waals surface area contributed by atoms with Crippen LogP contribution >= 0.6 is 24.8 Å². The Kier molecular flexibility index (Phi) is 8.50. The van der Waals surface area contributed by atoms with E-state index in [4.69, 9.17) is 5.73 Å². The van der Waals surface area contributed by atoms with Crippen LogP contribution in [0.2, 0.25) is 0 Å². The summed E-state index contributed by atoms with van der Waals surface area (Å²) in [6.07, 6.45) is -1.53. The third kappa shape index (κ3) is 6.62. The molecule has 0 spiro atoms. The molecule has 1 aliphatic carbocycles. The summed E-state index contributed by atoms with van der Waals surface area (Å²) in [7, 11) is 0. The van der Waals surface area contributed by atoms with Crippen molar-refractivity contribution < 1.29 is 22.7 Å². The highest BCUT2D eigenvalue weighted by molar-refractivity contribution is 5.85. The van der Waals surface area contributed by atoms with Gasteiger partial charge in [-0.25, -0.2) is 0 Å². The number of nitrogens with zero attached hydrogens (tertiary/aromatic N) is 1. The Labute approximate surface area is 168 Å². The maximum Gasteiger partial charge on any atom is 0.573 e. The molecule has 1 saturated carbocycles. The predicted octanol–water partition coefficient (Wildman–Crippen LogP) is 3.25. The molecule has 1 aliphatic heterocycles. The standard InChI is InChI=1S/C17H22F3N3O2.2ClH/c18-17(19,20)25-15-3-1-2-14(9-15)23-7-6-13(10-23)22-16(24)11-4-5-12(21)8-11;;/h1-3,9,11-13H,4-8,10,21H2,(H,22,24);2*1H. The lowest BCUT2D eigenvalue weighted by atomic mass is 10.1. The molecule has 5 nitrogen and oxygen atoms in total. The number of alkyl halides is 3. The van der Waals surface area contributed by atoms with Crippen LogP contribution in [0.4, 0.5) is 18.9 Å². The van der Waals surface area contributed by atoms with Crippen LogP contribution in [0.3, 0.4) is 0 Å². The largest absolute Gasteiger partial charge is 0.573 e. The van der Waals surface area contributed by atoms with Gasteiger partial charge in [0.2, 0.25) is 5.91 Å². The first-order valence-electron chi connectivity index (χ1n) is 8.47. The molecule has 2 aliphatic rings. The molecule has 27 heavy (non-hydrogen) atoms. The van der Waals surface area contributed by atoms with E-state index in [-0.39, 0.29) is 54.5 Å². The van der Waals surface area contributed by atoms with E-state index in [0.717, 1.165) is 25.7 Å². The Bertz CT molecular complexity index is 634. The van der Waals surface area contributed by atoms with E-state index in [0.29, 0.717) is 18.8 Å². The zero-order valence-corrected chi connectivity index (χ0v) is 16.2. The van der Waals surface area contributed by atoms with E-state index >= 15 is 0 Å². The number of amides is 1. The first-order chi connectivity index (χ1) is 11.8. The summed E-state index contributed by atoms with van der Waals surface area (Å²) >= 11 is 0. The van der Waals surface area contributed by atoms with Gasteiger partial charge in [-0.1, -0.05) is 6.07 Å². The third-order valence-electron chi connectivity index (χ3n) is 4.79. The van der Waals surface area contributed by atoms with Gasteiger partial charge in [-0.05, 0) is 37.8 Å². The lowest BCUT2D eigenvalue weighted by Crippen LogP contribution is -2.40. The molecule has 3 N–H and O–H groups in total. The first-order valence-corrected chi connectivity index (χ1v) is 8.47. The second-order valence-electron chi connectivity index (χ2n) is 6.76. The highest BCUT2D eigenvalue weighted by atomic mass is 35.5. The quantitative estimate of drug-likeness (QED) is 0.770. The van der Waals surface area contributed by atoms with Gasteiger partial charge in [0.05, 0.1) is 0 Å². The van der Waals surface area contributed by atoms with Crippen LogP contribution in [0.15, 0.2) is 24.3 Å². The number of hydrogen-bond donors (Lipinski definition) is 2. The lowest BCUT2D eigenvalue weighted by Gasteiger charge is -2.21. The normalized spacial score (nSPS) is 24.7. The molecule has 154 valence electrons. The Hall–Kier alpha value is -1.38. The SMILES string of the molecule is Cl.Cl.NC1CCC(C(=O)NC2CCN(c3cccc(OC(F)(F)F)c3)C2)C1. The van der Waals surface area contributed by atoms with Crippen molar-refractivity contribution in [2.75, 3.05) is 18.0 Å². The van der Waals surface area contributed by atoms with Crippen LogP contribution in [-0.2, 0) is 4.79 Å². The maximum atomic E-state index is 12.3. The number of benzene rings is 1. The molecule has 1 aromatic carbocycles. The van der Waals surface area contributed by atoms with Crippen LogP contribution in [-0.4, -0.2) is 37.4 Å². The van der Waals surface area contributed by atoms with E-state index in [2.05, 4.69) is 10.1 Å². The first kappa shape index (κ1) is 23.7. The number of nitrogens with two attached hydrogens (primary N) is 1. The van der Waals surface area contributed by atoms with Crippen LogP contribution in [0, 0.1) is 5.92 Å². The van der Waals surface area contributed by atoms with Crippen molar-refractivity contribution in [3.05, 3.63) is 24.3 Å². The molecular formula is C17H24Cl2F3N3O2. The average Bonchev–Trinajstić information content (AvgIpc) is 3.15. The fourth-order valence-corrected chi connectivity index (χ4v) is 3.56. The van der Waals surface area contributed by atoms with E-state index in [9.17, 15) is 18.0 Å². The lowest BCUT2D eigenvalue weighted by molar-refractivity contribution is -0.274. The molecule has 3 unspecified atom stereocenters. The fraction of sp³-hybridized carbons (Fsp3) is 0.588. The van der Waals surface area contributed by atoms with Gasteiger partial charge >= 0.3 is 6.36 Å². The fourth-order valence-electron chi connectivity index (χ4n) is 3.56. The smallest absolute Gasteiger partial charge is 0.406 e. The van der Waals surface area contributed by atoms with E-state index in [1.54, 1.807) is 6.07 Å². The molecule has 2 fully saturated rings. The highest BCUT2D eigenvalue weighted by Gasteiger charge is 2.33. The Balaban J connectivity index is 0.00000182. The minimum Gasteiger partial charge on any atom is -0.406 e. The summed E-state index contributed by atoms with van der Waals surface area (Å²) in [5.41, 5.74) is 6.50. The van der Waals surface area contributed by atoms with Crippen LogP contribution in [0.5, 0.6) is 5.75 Å². The molecular weight excluding hydrogens is 406 g/mol. The van der Waals surface area contributed by atoms with Gasteiger partial charge in [0, 0.05) is 42.8 Å². The molecule has 0 aromatic heterocycles. The number of ether oxygens (including phenoxy) is 1. The van der Waals surface area contributed by atoms with Gasteiger partial charge < -0.3 is 20.7 Å². The van der Waals surface area contributed by atoms with Gasteiger partial charge in [0.1, 0.15) is 5.75 Å². The number of nitrogens with one attached hydrogen (secondary N) is 1. The summed E-state index contributed by atoms with van der Waals surface area (Å²) in [4.78, 5) is 14.2. The number of anilines is 1. The molecule has 1 amide bonds. The van der Waals surface area contributed by atoms with E-state index in [1.165, 1.54) is 18.2 Å². The number of carbonyl (C=O) groups excluding carboxylic acids is 1. The average molecular weight is 430 g/mol. The second-order valence-corrected chi connectivity index (χ2v) is 6.76. The van der Waals surface area contributed by atoms with Crippen LogP contribution in [0.25, 0.3) is 0 Å². The van der Waals surface area contributed by atoms with Crippen molar-refractivity contribution in [2.24, 2.45) is 11.7 Å². The number of carbonyl (C=O) groups is 1. The summed E-state index contributed by atoms with van der Waals surface area (Å²) < 4.78 is 41.0. The monoisotopic (exact) mass is 429 g/mol. The third-order valence-corrected chi connectivity index (χ3v) is 4.79. The molecule has 0 radical (unpaired) electrons. The number of halogens is 5. The van der Waals surface area contributed by atoms with Crippen molar-refractivity contribution in [3.8, 4) is 5.75 Å². The van der Waals surface area contributed by atoms with Crippen LogP contribution in [0.1, 0.15) is 25.7 Å². The van der Waals surface area contributed by atoms with Gasteiger partial charge in [-0.15, -0.1) is 38.0 Å². The molecule has 1 aromatic rings. The molecule has 1 heterocycles. The van der Waals surface area contributed by atoms with E-state index < -0.39 is 6.36 Å². The van der Waals surface area contributed by atoms with E-state index in [1.807, 2.05) is 4.90 Å². The minimum atomic E-state index is -4.71. The molecule has 3 atom stereocenters. The topological polar surface area (TPSA) is 67.6 Å². The van der Waals surface area contributed by atoms with Crippen molar-refractivity contribution in [2.45, 2.75) is 44.1 Å². The maximum absolute atomic E-state index is 12.3. The Morgan fingerprint density at radius 2 is 1.96 bits per heavy atom. The van der Waals surface area contributed by atoms with Crippen molar-refractivity contribution in [1.82, 2.24) is 5.32 Å². The molecule has 1 saturated heterocycles. The number of hydrogen-bond acceptors (Lipinski definition) is 4.